The molecule has 1 aromatic carbocycles. The summed E-state index contributed by atoms with van der Waals surface area (Å²) in [5.41, 5.74) is 2.34. The van der Waals surface area contributed by atoms with Crippen molar-refractivity contribution >= 4 is 11.8 Å². The fourth-order valence-corrected chi connectivity index (χ4v) is 4.45. The minimum atomic E-state index is -0.262. The molecule has 2 amide bonds. The zero-order valence-corrected chi connectivity index (χ0v) is 17.9. The molecule has 4 rings (SSSR count). The van der Waals surface area contributed by atoms with E-state index in [0.29, 0.717) is 18.2 Å². The zero-order valence-electron chi connectivity index (χ0n) is 17.9. The first-order valence-corrected chi connectivity index (χ1v) is 10.7. The predicted molar refractivity (Wildman–Crippen MR) is 117 cm³/mol. The number of nitrogens with zero attached hydrogens (tertiary/aromatic N) is 3. The van der Waals surface area contributed by atoms with Crippen molar-refractivity contribution in [2.24, 2.45) is 5.92 Å². The van der Waals surface area contributed by atoms with Gasteiger partial charge in [-0.25, -0.2) is 0 Å². The predicted octanol–water partition coefficient (Wildman–Crippen LogP) is 2.29. The lowest BCUT2D eigenvalue weighted by molar-refractivity contribution is -0.159. The quantitative estimate of drug-likeness (QED) is 0.775. The third-order valence-electron chi connectivity index (χ3n) is 5.96. The second-order valence-electron chi connectivity index (χ2n) is 8.57. The Morgan fingerprint density at radius 2 is 2.00 bits per heavy atom. The van der Waals surface area contributed by atoms with Crippen LogP contribution < -0.4 is 0 Å². The van der Waals surface area contributed by atoms with E-state index in [-0.39, 0.29) is 43.0 Å². The van der Waals surface area contributed by atoms with Crippen LogP contribution in [0.5, 0.6) is 0 Å². The summed E-state index contributed by atoms with van der Waals surface area (Å²) < 4.78 is 0. The number of aliphatic hydroxyl groups excluding tert-OH is 1. The van der Waals surface area contributed by atoms with Gasteiger partial charge in [-0.3, -0.25) is 14.6 Å². The van der Waals surface area contributed by atoms with E-state index in [1.807, 2.05) is 24.3 Å². The number of aliphatic hydroxyl groups is 1. The summed E-state index contributed by atoms with van der Waals surface area (Å²) in [5.74, 6) is 6.52. The van der Waals surface area contributed by atoms with Gasteiger partial charge in [0, 0.05) is 30.6 Å². The smallest absolute Gasteiger partial charge is 0.272 e. The van der Waals surface area contributed by atoms with Crippen LogP contribution in [-0.2, 0) is 4.79 Å². The van der Waals surface area contributed by atoms with E-state index in [1.165, 1.54) is 0 Å². The molecule has 31 heavy (non-hydrogen) atoms. The average molecular weight is 418 g/mol. The van der Waals surface area contributed by atoms with E-state index >= 15 is 0 Å². The zero-order chi connectivity index (χ0) is 22.0. The molecule has 2 saturated heterocycles. The Labute approximate surface area is 182 Å². The van der Waals surface area contributed by atoms with Crippen molar-refractivity contribution in [3.05, 3.63) is 65.5 Å². The largest absolute Gasteiger partial charge is 0.394 e. The summed E-state index contributed by atoms with van der Waals surface area (Å²) >= 11 is 0. The van der Waals surface area contributed by atoms with Crippen LogP contribution in [0, 0.1) is 17.8 Å². The van der Waals surface area contributed by atoms with Gasteiger partial charge in [0.25, 0.3) is 5.91 Å². The van der Waals surface area contributed by atoms with Crippen molar-refractivity contribution in [1.29, 1.82) is 0 Å². The first kappa shape index (κ1) is 21.1. The molecule has 6 nitrogen and oxygen atoms in total. The Balaban J connectivity index is 1.52. The van der Waals surface area contributed by atoms with Gasteiger partial charge < -0.3 is 14.9 Å². The standard InChI is InChI=1S/C25H27N3O3/c1-17(2)6-5-7-18-9-11-19(12-10-18)24-21-14-27(15-23(30)28(21)22(24)16-29)25(31)20-8-3-4-13-26-20/h3-4,8-13,17,21-22,24,29H,6,14-16H2,1-2H3/t21-,22+,24-/m1/s1. The first-order valence-electron chi connectivity index (χ1n) is 10.7. The molecule has 0 aliphatic carbocycles. The third kappa shape index (κ3) is 4.19. The summed E-state index contributed by atoms with van der Waals surface area (Å²) in [6.45, 7) is 4.62. The summed E-state index contributed by atoms with van der Waals surface area (Å²) in [6.07, 6.45) is 2.43. The number of pyridine rings is 1. The summed E-state index contributed by atoms with van der Waals surface area (Å²) in [6, 6.07) is 12.8. The number of hydrogen-bond acceptors (Lipinski definition) is 4. The fourth-order valence-electron chi connectivity index (χ4n) is 4.45. The highest BCUT2D eigenvalue weighted by molar-refractivity contribution is 5.96. The normalized spacial score (nSPS) is 22.5. The molecule has 0 radical (unpaired) electrons. The minimum Gasteiger partial charge on any atom is -0.394 e. The second kappa shape index (κ2) is 8.91. The number of hydrogen-bond donors (Lipinski definition) is 1. The third-order valence-corrected chi connectivity index (χ3v) is 5.96. The topological polar surface area (TPSA) is 73.7 Å². The molecule has 0 spiro atoms. The van der Waals surface area contributed by atoms with Crippen LogP contribution in [0.15, 0.2) is 48.7 Å². The van der Waals surface area contributed by atoms with Crippen LogP contribution in [0.4, 0.5) is 0 Å². The molecule has 1 N–H and O–H groups in total. The van der Waals surface area contributed by atoms with Gasteiger partial charge in [0.2, 0.25) is 5.91 Å². The molecule has 0 unspecified atom stereocenters. The van der Waals surface area contributed by atoms with E-state index in [4.69, 9.17) is 0 Å². The van der Waals surface area contributed by atoms with Crippen LogP contribution in [0.3, 0.4) is 0 Å². The summed E-state index contributed by atoms with van der Waals surface area (Å²) in [4.78, 5) is 33.0. The molecule has 2 fully saturated rings. The maximum Gasteiger partial charge on any atom is 0.272 e. The van der Waals surface area contributed by atoms with Gasteiger partial charge in [-0.1, -0.05) is 43.9 Å². The highest BCUT2D eigenvalue weighted by Gasteiger charge is 2.54. The highest BCUT2D eigenvalue weighted by Crippen LogP contribution is 2.43. The molecule has 0 saturated carbocycles. The molecule has 1 aromatic heterocycles. The minimum absolute atomic E-state index is 0.0134. The Morgan fingerprint density at radius 1 is 1.23 bits per heavy atom. The number of aromatic nitrogens is 1. The van der Waals surface area contributed by atoms with Crippen LogP contribution in [0.2, 0.25) is 0 Å². The van der Waals surface area contributed by atoms with E-state index in [1.54, 1.807) is 34.2 Å². The lowest BCUT2D eigenvalue weighted by Crippen LogP contribution is -2.73. The molecule has 3 atom stereocenters. The SMILES string of the molecule is CC(C)CC#Cc1ccc([C@@H]2[C@H]3CN(C(=O)c4ccccn4)CC(=O)N3[C@H]2CO)cc1. The van der Waals surface area contributed by atoms with Crippen molar-refractivity contribution in [3.8, 4) is 11.8 Å². The average Bonchev–Trinajstić information content (AvgIpc) is 2.76. The van der Waals surface area contributed by atoms with Crippen LogP contribution in [-0.4, -0.2) is 63.5 Å². The van der Waals surface area contributed by atoms with Crippen molar-refractivity contribution in [3.63, 3.8) is 0 Å². The second-order valence-corrected chi connectivity index (χ2v) is 8.57. The van der Waals surface area contributed by atoms with Gasteiger partial charge >= 0.3 is 0 Å². The molecule has 2 aliphatic rings. The first-order chi connectivity index (χ1) is 15.0. The Bertz CT molecular complexity index is 1010. The molecule has 0 bridgehead atoms. The molecular weight excluding hydrogens is 390 g/mol. The summed E-state index contributed by atoms with van der Waals surface area (Å²) in [5, 5.41) is 9.94. The van der Waals surface area contributed by atoms with Crippen molar-refractivity contribution in [2.75, 3.05) is 19.7 Å². The Hall–Kier alpha value is -3.17. The van der Waals surface area contributed by atoms with E-state index in [9.17, 15) is 14.7 Å². The van der Waals surface area contributed by atoms with Gasteiger partial charge in [-0.05, 0) is 35.7 Å². The Morgan fingerprint density at radius 3 is 2.65 bits per heavy atom. The molecule has 2 aromatic rings. The molecule has 6 heteroatoms. The molecular formula is C25H27N3O3. The number of carbonyl (C=O) groups is 2. The Kier molecular flexibility index (Phi) is 6.06. The number of piperazine rings is 1. The van der Waals surface area contributed by atoms with Crippen LogP contribution in [0.25, 0.3) is 0 Å². The monoisotopic (exact) mass is 417 g/mol. The van der Waals surface area contributed by atoms with E-state index in [2.05, 4.69) is 30.7 Å². The van der Waals surface area contributed by atoms with Gasteiger partial charge in [0.1, 0.15) is 12.2 Å². The van der Waals surface area contributed by atoms with E-state index in [0.717, 1.165) is 17.5 Å². The van der Waals surface area contributed by atoms with Crippen LogP contribution >= 0.6 is 0 Å². The molecule has 3 heterocycles. The number of benzene rings is 1. The number of rotatable bonds is 4. The van der Waals surface area contributed by atoms with Gasteiger partial charge in [-0.15, -0.1) is 0 Å². The molecule has 2 aliphatic heterocycles. The van der Waals surface area contributed by atoms with Crippen LogP contribution in [0.1, 0.15) is 47.8 Å². The number of fused-ring (bicyclic) bond motifs is 1. The summed E-state index contributed by atoms with van der Waals surface area (Å²) in [7, 11) is 0. The number of carbonyl (C=O) groups excluding carboxylic acids is 2. The van der Waals surface area contributed by atoms with Crippen molar-refractivity contribution < 1.29 is 14.7 Å². The maximum absolute atomic E-state index is 12.8. The number of amides is 2. The lowest BCUT2D eigenvalue weighted by atomic mass is 9.73. The van der Waals surface area contributed by atoms with E-state index < -0.39 is 0 Å². The molecule has 160 valence electrons. The van der Waals surface area contributed by atoms with Gasteiger partial charge in [0.15, 0.2) is 0 Å². The fraction of sp³-hybridized carbons (Fsp3) is 0.400. The maximum atomic E-state index is 12.8. The lowest BCUT2D eigenvalue weighted by Gasteiger charge is -2.58. The van der Waals surface area contributed by atoms with Gasteiger partial charge in [-0.2, -0.15) is 0 Å². The van der Waals surface area contributed by atoms with Crippen molar-refractivity contribution in [2.45, 2.75) is 38.3 Å². The van der Waals surface area contributed by atoms with Gasteiger partial charge in [0.05, 0.1) is 18.7 Å². The highest BCUT2D eigenvalue weighted by atomic mass is 16.3. The van der Waals surface area contributed by atoms with Crippen molar-refractivity contribution in [1.82, 2.24) is 14.8 Å².